The minimum absolute atomic E-state index is 0.0143. The van der Waals surface area contributed by atoms with Crippen molar-refractivity contribution in [3.8, 4) is 11.1 Å². The maximum Gasteiger partial charge on any atom is 0.408 e. The molecule has 4 unspecified atom stereocenters. The summed E-state index contributed by atoms with van der Waals surface area (Å²) < 4.78 is 43.0. The first-order valence-electron chi connectivity index (χ1n) is 49.7. The number of hydrogen-bond donors (Lipinski definition) is 11. The molecule has 0 aromatic heterocycles. The number of methoxy groups -OCH3 is 2. The van der Waals surface area contributed by atoms with Crippen molar-refractivity contribution in [1.29, 1.82) is 0 Å². The number of azide groups is 1. The molecule has 2 aromatic carbocycles. The first-order chi connectivity index (χ1) is 68.1. The standard InChI is InChI=1S/C89H140N8O20.C18H17NO4/c1-6-9-11-13-15-17-19-21-23-25-27-29-31-33-35-37-39-41-44-57-76(100)91-62-51-47-54-69(66-73(99)70(95-79(103)59-46-43-50-65-94-97-90)55-48-52-63-92-77(101)58-45-42-40-38-36-34-32-30-28-26-24-22-20-18-16-14-12-10-7-2)72(98)60-61-78(102)93-64-53-49-56-71(86(109)113-8-3)96-89(110)117-85-81(105)75(115-87(112-5)84(85)108)68-114-88-83(107)82(106)80(104)74(116-88)67-111-4;1-22-19-10-17(20)18(21)23-11-16-14-8-4-2-6-12(14)13-7-3-5-9-15(13)16/h9-12,15-18,21-24,27-30,33-36,39-42,69-71,74-75,80-85,87-88,104-108H,6-8,13-14,19-20,25-26,31-32,37-38,43-68H2,1-5H3,(H,91,100)(H,92,101)(H,93,102)(H,95,103)(H,96,110);2-9,16,19H,10-11H2,1H3/b11-9-,12-10-,17-15-,18-16-,23-21-,24-22-,29-27-,30-28-,35-33-,36-34-,41-39-,42-40-;/t69-,70+,71+,74?,75?,80-,81-,82+,83?,84?,85+,87+,88-;/m1./s1. The number of nitrogens with zero attached hydrogens (tertiary/aromatic N) is 3. The lowest BCUT2D eigenvalue weighted by Gasteiger charge is -2.43. The van der Waals surface area contributed by atoms with Gasteiger partial charge in [0.25, 0.3) is 5.78 Å². The number of aliphatic hydroxyl groups excluding tert-OH is 5. The topological polar surface area (TPSA) is 476 Å². The van der Waals surface area contributed by atoms with Crippen LogP contribution in [-0.2, 0) is 85.9 Å². The Balaban J connectivity index is 0.00000153. The number of benzene rings is 2. The van der Waals surface area contributed by atoms with E-state index in [1.54, 1.807) is 6.92 Å². The molecule has 5 rings (SSSR count). The van der Waals surface area contributed by atoms with E-state index in [1.807, 2.05) is 60.7 Å². The summed E-state index contributed by atoms with van der Waals surface area (Å²) in [7, 11) is 3.90. The Kier molecular flexibility index (Phi) is 67.7. The van der Waals surface area contributed by atoms with Gasteiger partial charge >= 0.3 is 18.0 Å². The summed E-state index contributed by atoms with van der Waals surface area (Å²) >= 11 is 0. The fourth-order valence-electron chi connectivity index (χ4n) is 15.2. The van der Waals surface area contributed by atoms with Crippen LogP contribution < -0.4 is 32.1 Å². The molecule has 774 valence electrons. The highest BCUT2D eigenvalue weighted by atomic mass is 16.7. The Bertz CT molecular complexity index is 4310. The average Bonchev–Trinajstić information content (AvgIpc) is 1.61. The maximum absolute atomic E-state index is 14.5. The number of hydrogen-bond acceptors (Lipinski definition) is 26. The van der Waals surface area contributed by atoms with Crippen molar-refractivity contribution in [3.63, 3.8) is 0 Å². The molecule has 2 fully saturated rings. The van der Waals surface area contributed by atoms with Gasteiger partial charge in [0.2, 0.25) is 23.6 Å². The molecular formula is C107H157N9O24. The highest BCUT2D eigenvalue weighted by molar-refractivity contribution is 6.34. The predicted octanol–water partition coefficient (Wildman–Crippen LogP) is 14.7. The number of carbonyl (C=O) groups is 10. The van der Waals surface area contributed by atoms with Crippen molar-refractivity contribution in [1.82, 2.24) is 32.1 Å². The van der Waals surface area contributed by atoms with Crippen LogP contribution in [0.4, 0.5) is 4.79 Å². The number of carbonyl (C=O) groups excluding carboxylic acids is 10. The fraction of sp³-hybridized carbons (Fsp3) is 0.570. The van der Waals surface area contributed by atoms with Gasteiger partial charge in [-0.25, -0.2) is 14.4 Å². The molecule has 2 saturated heterocycles. The van der Waals surface area contributed by atoms with Gasteiger partial charge in [-0.15, -0.1) is 0 Å². The second-order valence-electron chi connectivity index (χ2n) is 33.8. The van der Waals surface area contributed by atoms with Crippen molar-refractivity contribution < 1.29 is 116 Å². The average molecular weight is 1950 g/mol. The second-order valence-corrected chi connectivity index (χ2v) is 33.8. The van der Waals surface area contributed by atoms with Crippen LogP contribution >= 0.6 is 0 Å². The summed E-state index contributed by atoms with van der Waals surface area (Å²) in [6.07, 6.45) is 50.8. The third kappa shape index (κ3) is 52.7. The van der Waals surface area contributed by atoms with Crippen molar-refractivity contribution in [2.45, 2.75) is 306 Å². The van der Waals surface area contributed by atoms with Crippen LogP contribution in [0.25, 0.3) is 21.6 Å². The van der Waals surface area contributed by atoms with E-state index in [0.717, 1.165) is 99.3 Å². The number of Topliss-reactive ketones (excluding diaryl/α,β-unsaturated/α-hetero) is 3. The molecule has 33 nitrogen and oxygen atoms in total. The third-order valence-electron chi connectivity index (χ3n) is 22.9. The SMILES string of the molecule is CC/C=C\C/C=C\C/C=C\C/C=C\C/C=C\C/C=C\CCC(=O)NCCCC[C@H](CC(=O)[C@H](CCCCNC(=O)CC/C=C\C/C=C\C/C=C\C/C=C\C/C=C\C/C=C\CC)NC(=O)CCCCCN=[N+]=[N-])C(=O)CCC(=O)NCCCC[C@H](NC(=O)O[C@@H]1C(O)[C@@H](OC)OC(CO[C@@H]2OC(COC)[C@@H](O)[C@H](O)C2O)[C@H]1O)C(=O)OCC.CONCC(=O)C(=O)OCC1c2ccccc2-c2ccccc21. The Morgan fingerprint density at radius 2 is 0.914 bits per heavy atom. The van der Waals surface area contributed by atoms with Gasteiger partial charge in [-0.3, -0.25) is 33.6 Å². The van der Waals surface area contributed by atoms with Gasteiger partial charge in [-0.1, -0.05) is 226 Å². The minimum Gasteiger partial charge on any atom is -0.464 e. The Morgan fingerprint density at radius 1 is 0.450 bits per heavy atom. The summed E-state index contributed by atoms with van der Waals surface area (Å²) in [5.41, 5.74) is 15.6. The van der Waals surface area contributed by atoms with Crippen LogP contribution in [-0.4, -0.2) is 239 Å². The van der Waals surface area contributed by atoms with Crippen molar-refractivity contribution in [3.05, 3.63) is 216 Å². The molecular weight excluding hydrogens is 1800 g/mol. The number of unbranched alkanes of at least 4 members (excludes halogenated alkanes) is 5. The molecule has 2 aromatic rings. The summed E-state index contributed by atoms with van der Waals surface area (Å²) in [4.78, 5) is 139. The van der Waals surface area contributed by atoms with Gasteiger partial charge < -0.3 is 94.8 Å². The van der Waals surface area contributed by atoms with E-state index < -0.39 is 116 Å². The second kappa shape index (κ2) is 77.9. The zero-order chi connectivity index (χ0) is 102. The fourth-order valence-corrected chi connectivity index (χ4v) is 15.2. The third-order valence-corrected chi connectivity index (χ3v) is 22.9. The van der Waals surface area contributed by atoms with Gasteiger partial charge in [0.15, 0.2) is 24.5 Å². The zero-order valence-electron chi connectivity index (χ0n) is 82.9. The summed E-state index contributed by atoms with van der Waals surface area (Å²) in [5.74, 6) is -4.95. The lowest BCUT2D eigenvalue weighted by Crippen LogP contribution is -2.62. The Labute approximate surface area is 827 Å². The number of aliphatic hydroxyl groups is 5. The molecule has 33 heteroatoms. The zero-order valence-corrected chi connectivity index (χ0v) is 82.9. The van der Waals surface area contributed by atoms with Crippen LogP contribution in [0.5, 0.6) is 0 Å². The normalized spacial score (nSPS) is 19.5. The molecule has 3 aliphatic rings. The number of fused-ring (bicyclic) bond motifs is 3. The highest BCUT2D eigenvalue weighted by Gasteiger charge is 2.50. The van der Waals surface area contributed by atoms with E-state index in [-0.39, 0.29) is 126 Å². The molecule has 11 N–H and O–H groups in total. The molecule has 140 heavy (non-hydrogen) atoms. The van der Waals surface area contributed by atoms with E-state index in [2.05, 4.69) is 194 Å². The number of esters is 2. The lowest BCUT2D eigenvalue weighted by molar-refractivity contribution is -0.328. The number of ketones is 3. The van der Waals surface area contributed by atoms with Gasteiger partial charge in [0.05, 0.1) is 39.5 Å². The maximum atomic E-state index is 14.5. The Morgan fingerprint density at radius 3 is 1.39 bits per heavy atom. The molecule has 2 aliphatic heterocycles. The van der Waals surface area contributed by atoms with Crippen molar-refractivity contribution >= 4 is 59.0 Å². The number of amides is 5. The number of nitrogens with one attached hydrogen (secondary N) is 6. The first kappa shape index (κ1) is 122. The number of rotatable bonds is 73. The van der Waals surface area contributed by atoms with Crippen LogP contribution in [0, 0.1) is 5.92 Å². The molecule has 0 saturated carbocycles. The largest absolute Gasteiger partial charge is 0.464 e. The predicted molar refractivity (Wildman–Crippen MR) is 538 cm³/mol. The molecule has 1 aliphatic carbocycles. The summed E-state index contributed by atoms with van der Waals surface area (Å²) in [5, 5.41) is 71.2. The van der Waals surface area contributed by atoms with E-state index in [0.29, 0.717) is 90.1 Å². The van der Waals surface area contributed by atoms with E-state index in [1.165, 1.54) is 21.3 Å². The quantitative estimate of drug-likeness (QED) is 0.00337. The molecule has 2 heterocycles. The van der Waals surface area contributed by atoms with Gasteiger partial charge in [-0.2, -0.15) is 5.48 Å². The van der Waals surface area contributed by atoms with Crippen LogP contribution in [0.15, 0.2) is 199 Å². The van der Waals surface area contributed by atoms with Crippen molar-refractivity contribution in [2.24, 2.45) is 11.0 Å². The summed E-state index contributed by atoms with van der Waals surface area (Å²) in [6.45, 7) is 6.06. The van der Waals surface area contributed by atoms with E-state index in [9.17, 15) is 73.5 Å². The Hall–Kier alpha value is -10.8. The molecule has 0 radical (unpaired) electrons. The first-order valence-corrected chi connectivity index (χ1v) is 49.7. The number of allylic oxidation sites excluding steroid dienone is 24. The monoisotopic (exact) mass is 1950 g/mol. The van der Waals surface area contributed by atoms with Crippen molar-refractivity contribution in [2.75, 3.05) is 80.5 Å². The number of hydroxylamine groups is 1. The van der Waals surface area contributed by atoms with Crippen LogP contribution in [0.1, 0.15) is 243 Å². The van der Waals surface area contributed by atoms with E-state index >= 15 is 0 Å². The molecule has 5 amide bonds. The smallest absolute Gasteiger partial charge is 0.408 e. The number of ether oxygens (including phenoxy) is 8. The molecule has 13 atom stereocenters. The summed E-state index contributed by atoms with van der Waals surface area (Å²) in [6, 6.07) is 13.8. The van der Waals surface area contributed by atoms with Gasteiger partial charge in [0, 0.05) is 95.7 Å². The van der Waals surface area contributed by atoms with Gasteiger partial charge in [0.1, 0.15) is 61.2 Å². The van der Waals surface area contributed by atoms with Crippen LogP contribution in [0.2, 0.25) is 0 Å². The lowest BCUT2D eigenvalue weighted by atomic mass is 9.87. The van der Waals surface area contributed by atoms with Crippen LogP contribution in [0.3, 0.4) is 0 Å². The minimum atomic E-state index is -1.79. The number of alkyl carbamates (subject to hydrolysis) is 1. The highest BCUT2D eigenvalue weighted by Crippen LogP contribution is 2.45. The molecule has 0 bridgehead atoms. The van der Waals surface area contributed by atoms with E-state index in [4.69, 9.17) is 43.4 Å². The molecule has 0 spiro atoms. The van der Waals surface area contributed by atoms with Gasteiger partial charge in [-0.05, 0) is 189 Å².